The largest absolute Gasteiger partial charge is 0.478 e. The third-order valence-electron chi connectivity index (χ3n) is 2.53. The molecule has 0 aliphatic rings. The Kier molecular flexibility index (Phi) is 3.74. The summed E-state index contributed by atoms with van der Waals surface area (Å²) in [7, 11) is 0. The highest BCUT2D eigenvalue weighted by Gasteiger charge is 2.08. The van der Waals surface area contributed by atoms with E-state index in [1.807, 2.05) is 0 Å². The number of hydrogen-bond donors (Lipinski definition) is 2. The van der Waals surface area contributed by atoms with Gasteiger partial charge in [-0.05, 0) is 26.0 Å². The number of carbonyl (C=O) groups is 1. The smallest absolute Gasteiger partial charge is 0.337 e. The zero-order valence-electron chi connectivity index (χ0n) is 10.7. The molecule has 100 valence electrons. The van der Waals surface area contributed by atoms with Gasteiger partial charge in [0.1, 0.15) is 5.82 Å². The fourth-order valence-corrected chi connectivity index (χ4v) is 1.62. The fourth-order valence-electron chi connectivity index (χ4n) is 1.62. The van der Waals surface area contributed by atoms with Gasteiger partial charge in [0.25, 0.3) is 0 Å². The molecule has 0 aliphatic heterocycles. The van der Waals surface area contributed by atoms with Crippen LogP contribution in [0.3, 0.4) is 0 Å². The van der Waals surface area contributed by atoms with E-state index in [1.54, 1.807) is 19.9 Å². The highest BCUT2D eigenvalue weighted by Crippen LogP contribution is 2.10. The normalized spacial score (nSPS) is 10.4. The van der Waals surface area contributed by atoms with Gasteiger partial charge in [-0.3, -0.25) is 0 Å². The Morgan fingerprint density at radius 3 is 2.74 bits per heavy atom. The summed E-state index contributed by atoms with van der Waals surface area (Å²) in [4.78, 5) is 19.1. The standard InChI is InChI=1S/C12H14N4O3/c1-7-9(12(17)18)3-4-10(14-7)13-6-5-11-15-8(2)16-19-11/h3-4H,5-6H2,1-2H3,(H,13,14)(H,17,18). The molecular formula is C12H14N4O3. The van der Waals surface area contributed by atoms with Crippen LogP contribution in [0.2, 0.25) is 0 Å². The van der Waals surface area contributed by atoms with Crippen LogP contribution in [0.15, 0.2) is 16.7 Å². The van der Waals surface area contributed by atoms with Crippen LogP contribution in [0.5, 0.6) is 0 Å². The van der Waals surface area contributed by atoms with Crippen LogP contribution in [0.25, 0.3) is 0 Å². The van der Waals surface area contributed by atoms with Crippen molar-refractivity contribution >= 4 is 11.8 Å². The van der Waals surface area contributed by atoms with E-state index < -0.39 is 5.97 Å². The molecule has 0 saturated carbocycles. The topological polar surface area (TPSA) is 101 Å². The molecular weight excluding hydrogens is 248 g/mol. The molecule has 0 atom stereocenters. The number of aromatic nitrogens is 3. The average molecular weight is 262 g/mol. The van der Waals surface area contributed by atoms with E-state index in [1.165, 1.54) is 6.07 Å². The van der Waals surface area contributed by atoms with Crippen molar-refractivity contribution in [2.75, 3.05) is 11.9 Å². The Hall–Kier alpha value is -2.44. The first-order valence-electron chi connectivity index (χ1n) is 5.80. The third-order valence-corrected chi connectivity index (χ3v) is 2.53. The molecule has 2 N–H and O–H groups in total. The highest BCUT2D eigenvalue weighted by atomic mass is 16.5. The first-order valence-corrected chi connectivity index (χ1v) is 5.80. The minimum absolute atomic E-state index is 0.207. The maximum absolute atomic E-state index is 10.8. The summed E-state index contributed by atoms with van der Waals surface area (Å²) < 4.78 is 4.98. The summed E-state index contributed by atoms with van der Waals surface area (Å²) in [5.74, 6) is 0.815. The SMILES string of the molecule is Cc1noc(CCNc2ccc(C(=O)O)c(C)n2)n1. The Morgan fingerprint density at radius 2 is 2.16 bits per heavy atom. The highest BCUT2D eigenvalue weighted by molar-refractivity contribution is 5.89. The van der Waals surface area contributed by atoms with E-state index in [9.17, 15) is 4.79 Å². The summed E-state index contributed by atoms with van der Waals surface area (Å²) in [6.07, 6.45) is 0.586. The zero-order valence-corrected chi connectivity index (χ0v) is 10.7. The van der Waals surface area contributed by atoms with Gasteiger partial charge in [-0.2, -0.15) is 4.98 Å². The molecule has 2 rings (SSSR count). The van der Waals surface area contributed by atoms with Crippen molar-refractivity contribution in [3.8, 4) is 0 Å². The van der Waals surface area contributed by atoms with Crippen LogP contribution in [0.1, 0.15) is 27.8 Å². The van der Waals surface area contributed by atoms with Crippen molar-refractivity contribution in [1.82, 2.24) is 15.1 Å². The Labute approximate surface area is 109 Å². The Morgan fingerprint density at radius 1 is 1.37 bits per heavy atom. The van der Waals surface area contributed by atoms with E-state index in [0.717, 1.165) is 0 Å². The number of pyridine rings is 1. The number of carboxylic acid groups (broad SMARTS) is 1. The number of nitrogens with zero attached hydrogens (tertiary/aromatic N) is 3. The molecule has 0 saturated heterocycles. The third kappa shape index (κ3) is 3.27. The van der Waals surface area contributed by atoms with Gasteiger partial charge in [0.05, 0.1) is 11.3 Å². The minimum atomic E-state index is -0.974. The number of aryl methyl sites for hydroxylation is 2. The van der Waals surface area contributed by atoms with Crippen molar-refractivity contribution in [1.29, 1.82) is 0 Å². The Bertz CT molecular complexity index is 594. The monoisotopic (exact) mass is 262 g/mol. The van der Waals surface area contributed by atoms with Crippen LogP contribution in [-0.2, 0) is 6.42 Å². The van der Waals surface area contributed by atoms with Crippen LogP contribution >= 0.6 is 0 Å². The number of aromatic carboxylic acids is 1. The second-order valence-corrected chi connectivity index (χ2v) is 4.05. The second-order valence-electron chi connectivity index (χ2n) is 4.05. The lowest BCUT2D eigenvalue weighted by atomic mass is 10.2. The molecule has 0 radical (unpaired) electrons. The minimum Gasteiger partial charge on any atom is -0.478 e. The van der Waals surface area contributed by atoms with Gasteiger partial charge in [-0.15, -0.1) is 0 Å². The van der Waals surface area contributed by atoms with Crippen molar-refractivity contribution < 1.29 is 14.4 Å². The lowest BCUT2D eigenvalue weighted by molar-refractivity contribution is 0.0695. The van der Waals surface area contributed by atoms with Gasteiger partial charge in [-0.25, -0.2) is 9.78 Å². The molecule has 0 amide bonds. The van der Waals surface area contributed by atoms with Crippen molar-refractivity contribution in [2.45, 2.75) is 20.3 Å². The van der Waals surface area contributed by atoms with E-state index in [4.69, 9.17) is 9.63 Å². The maximum Gasteiger partial charge on any atom is 0.337 e. The van der Waals surface area contributed by atoms with E-state index in [0.29, 0.717) is 36.2 Å². The molecule has 0 aromatic carbocycles. The molecule has 0 fully saturated rings. The molecule has 2 aromatic heterocycles. The van der Waals surface area contributed by atoms with Gasteiger partial charge < -0.3 is 14.9 Å². The molecule has 0 aliphatic carbocycles. The summed E-state index contributed by atoms with van der Waals surface area (Å²) in [5, 5.41) is 15.7. The summed E-state index contributed by atoms with van der Waals surface area (Å²) >= 11 is 0. The lowest BCUT2D eigenvalue weighted by Gasteiger charge is -2.06. The molecule has 7 heteroatoms. The van der Waals surface area contributed by atoms with E-state index in [2.05, 4.69) is 20.4 Å². The number of nitrogens with one attached hydrogen (secondary N) is 1. The van der Waals surface area contributed by atoms with E-state index in [-0.39, 0.29) is 5.56 Å². The number of anilines is 1. The molecule has 2 aromatic rings. The van der Waals surface area contributed by atoms with Gasteiger partial charge in [0, 0.05) is 13.0 Å². The fraction of sp³-hybridized carbons (Fsp3) is 0.333. The molecule has 0 bridgehead atoms. The maximum atomic E-state index is 10.8. The van der Waals surface area contributed by atoms with Gasteiger partial charge in [-0.1, -0.05) is 5.16 Å². The van der Waals surface area contributed by atoms with Crippen LogP contribution < -0.4 is 5.32 Å². The number of rotatable bonds is 5. The van der Waals surface area contributed by atoms with Gasteiger partial charge in [0.2, 0.25) is 5.89 Å². The van der Waals surface area contributed by atoms with Gasteiger partial charge in [0.15, 0.2) is 5.82 Å². The van der Waals surface area contributed by atoms with Crippen molar-refractivity contribution in [2.24, 2.45) is 0 Å². The predicted molar refractivity (Wildman–Crippen MR) is 67.2 cm³/mol. The molecule has 7 nitrogen and oxygen atoms in total. The average Bonchev–Trinajstić information content (AvgIpc) is 2.75. The molecule has 19 heavy (non-hydrogen) atoms. The van der Waals surface area contributed by atoms with Crippen molar-refractivity contribution in [3.63, 3.8) is 0 Å². The zero-order chi connectivity index (χ0) is 13.8. The summed E-state index contributed by atoms with van der Waals surface area (Å²) in [5.41, 5.74) is 0.684. The van der Waals surface area contributed by atoms with Crippen LogP contribution in [0, 0.1) is 13.8 Å². The molecule has 2 heterocycles. The van der Waals surface area contributed by atoms with E-state index >= 15 is 0 Å². The van der Waals surface area contributed by atoms with Crippen molar-refractivity contribution in [3.05, 3.63) is 35.1 Å². The number of carboxylic acids is 1. The first kappa shape index (κ1) is 13.0. The molecule has 0 unspecified atom stereocenters. The van der Waals surface area contributed by atoms with Crippen LogP contribution in [-0.4, -0.2) is 32.7 Å². The number of hydrogen-bond acceptors (Lipinski definition) is 6. The summed E-state index contributed by atoms with van der Waals surface area (Å²) in [6.45, 7) is 4.01. The van der Waals surface area contributed by atoms with Crippen LogP contribution in [0.4, 0.5) is 5.82 Å². The summed E-state index contributed by atoms with van der Waals surface area (Å²) in [6, 6.07) is 3.17. The first-order chi connectivity index (χ1) is 9.06. The lowest BCUT2D eigenvalue weighted by Crippen LogP contribution is -2.09. The van der Waals surface area contributed by atoms with Gasteiger partial charge >= 0.3 is 5.97 Å². The predicted octanol–water partition coefficient (Wildman–Crippen LogP) is 1.43. The molecule has 0 spiro atoms. The quantitative estimate of drug-likeness (QED) is 0.840. The Balaban J connectivity index is 1.93. The second kappa shape index (κ2) is 5.47.